The molecule has 2 N–H and O–H groups in total. The summed E-state index contributed by atoms with van der Waals surface area (Å²) in [5.74, 6) is 0.399. The molecule has 0 aromatic heterocycles. The van der Waals surface area contributed by atoms with Crippen molar-refractivity contribution in [2.75, 3.05) is 23.8 Å². The minimum atomic E-state index is -0.302. The molecule has 222 valence electrons. The van der Waals surface area contributed by atoms with Gasteiger partial charge in [-0.1, -0.05) is 92.5 Å². The van der Waals surface area contributed by atoms with Crippen molar-refractivity contribution >= 4 is 55.0 Å². The third-order valence-corrected chi connectivity index (χ3v) is 7.74. The van der Waals surface area contributed by atoms with Gasteiger partial charge < -0.3 is 20.1 Å². The van der Waals surface area contributed by atoms with Gasteiger partial charge in [0.1, 0.15) is 11.5 Å². The molecule has 2 amide bonds. The number of carbonyl (C=O) groups excluding carboxylic acids is 2. The maximum Gasteiger partial charge on any atom is 0.259 e. The number of ether oxygens (including phenoxy) is 2. The van der Waals surface area contributed by atoms with Crippen LogP contribution in [0.3, 0.4) is 0 Å². The van der Waals surface area contributed by atoms with Crippen LogP contribution in [-0.4, -0.2) is 25.0 Å². The van der Waals surface area contributed by atoms with Crippen molar-refractivity contribution < 1.29 is 19.1 Å². The van der Waals surface area contributed by atoms with Gasteiger partial charge in [0.05, 0.1) is 24.3 Å². The van der Waals surface area contributed by atoms with E-state index in [1.165, 1.54) is 0 Å². The highest BCUT2D eigenvalue weighted by molar-refractivity contribution is 9.10. The first kappa shape index (κ1) is 31.0. The predicted molar refractivity (Wildman–Crippen MR) is 182 cm³/mol. The normalized spacial score (nSPS) is 10.6. The standard InChI is InChI=1S/C36H30Br2N2O4/c37-27-11-17-33(43-21-19-25-7-3-1-4-8-25)31(23-27)35(41)39-29-13-15-30(16-14-29)40-36(42)32-24-28(38)12-18-34(32)44-22-20-26-9-5-2-6-10-26/h1-18,23-24H,19-22H2,(H,39,41)(H,40,42). The summed E-state index contributed by atoms with van der Waals surface area (Å²) in [5, 5.41) is 5.84. The van der Waals surface area contributed by atoms with Crippen LogP contribution >= 0.6 is 31.9 Å². The van der Waals surface area contributed by atoms with Gasteiger partial charge >= 0.3 is 0 Å². The van der Waals surface area contributed by atoms with Crippen LogP contribution in [-0.2, 0) is 12.8 Å². The summed E-state index contributed by atoms with van der Waals surface area (Å²) < 4.78 is 13.5. The molecule has 5 aromatic rings. The minimum absolute atomic E-state index is 0.302. The van der Waals surface area contributed by atoms with Crippen molar-refractivity contribution in [3.05, 3.63) is 153 Å². The van der Waals surface area contributed by atoms with E-state index in [0.717, 1.165) is 32.9 Å². The van der Waals surface area contributed by atoms with Crippen LogP contribution in [0.15, 0.2) is 130 Å². The number of halogens is 2. The SMILES string of the molecule is O=C(Nc1ccc(NC(=O)c2cc(Br)ccc2OCCc2ccccc2)cc1)c1cc(Br)ccc1OCCc1ccccc1. The molecule has 0 aliphatic carbocycles. The number of amides is 2. The van der Waals surface area contributed by atoms with Gasteiger partial charge in [0.15, 0.2) is 0 Å². The van der Waals surface area contributed by atoms with Crippen molar-refractivity contribution in [3.8, 4) is 11.5 Å². The molecule has 0 atom stereocenters. The second-order valence-corrected chi connectivity index (χ2v) is 11.8. The minimum Gasteiger partial charge on any atom is -0.492 e. The van der Waals surface area contributed by atoms with E-state index in [2.05, 4.69) is 42.5 Å². The molecule has 5 aromatic carbocycles. The van der Waals surface area contributed by atoms with Gasteiger partial charge in [-0.15, -0.1) is 0 Å². The lowest BCUT2D eigenvalue weighted by atomic mass is 10.1. The third kappa shape index (κ3) is 8.81. The van der Waals surface area contributed by atoms with Crippen LogP contribution in [0, 0.1) is 0 Å². The molecule has 44 heavy (non-hydrogen) atoms. The van der Waals surface area contributed by atoms with Crippen LogP contribution < -0.4 is 20.1 Å². The molecule has 0 aliphatic rings. The Balaban J connectivity index is 1.19. The maximum absolute atomic E-state index is 13.2. The molecule has 6 nitrogen and oxygen atoms in total. The van der Waals surface area contributed by atoms with Crippen LogP contribution in [0.4, 0.5) is 11.4 Å². The summed E-state index contributed by atoms with van der Waals surface area (Å²) in [4.78, 5) is 26.4. The van der Waals surface area contributed by atoms with Gasteiger partial charge in [-0.25, -0.2) is 0 Å². The third-order valence-electron chi connectivity index (χ3n) is 6.76. The Kier molecular flexibility index (Phi) is 10.8. The average molecular weight is 714 g/mol. The summed E-state index contributed by atoms with van der Waals surface area (Å²) in [5.41, 5.74) is 4.31. The first-order chi connectivity index (χ1) is 21.4. The number of hydrogen-bond acceptors (Lipinski definition) is 4. The molecule has 0 heterocycles. The summed E-state index contributed by atoms with van der Waals surface area (Å²) in [6.07, 6.45) is 1.46. The van der Waals surface area contributed by atoms with E-state index in [0.29, 0.717) is 47.2 Å². The fraction of sp³-hybridized carbons (Fsp3) is 0.111. The molecule has 0 aliphatic heterocycles. The fourth-order valence-corrected chi connectivity index (χ4v) is 5.21. The van der Waals surface area contributed by atoms with Crippen LogP contribution in [0.5, 0.6) is 11.5 Å². The topological polar surface area (TPSA) is 76.7 Å². The Morgan fingerprint density at radius 1 is 0.523 bits per heavy atom. The number of nitrogens with one attached hydrogen (secondary N) is 2. The fourth-order valence-electron chi connectivity index (χ4n) is 4.49. The number of anilines is 2. The molecule has 0 unspecified atom stereocenters. The highest BCUT2D eigenvalue weighted by atomic mass is 79.9. The van der Waals surface area contributed by atoms with Crippen molar-refractivity contribution in [2.45, 2.75) is 12.8 Å². The van der Waals surface area contributed by atoms with Gasteiger partial charge in [0.25, 0.3) is 11.8 Å². The van der Waals surface area contributed by atoms with Crippen molar-refractivity contribution in [3.63, 3.8) is 0 Å². The van der Waals surface area contributed by atoms with Crippen molar-refractivity contribution in [1.29, 1.82) is 0 Å². The van der Waals surface area contributed by atoms with E-state index in [4.69, 9.17) is 9.47 Å². The zero-order valence-electron chi connectivity index (χ0n) is 23.8. The Hall–Kier alpha value is -4.40. The van der Waals surface area contributed by atoms with Gasteiger partial charge in [-0.05, 0) is 71.8 Å². The smallest absolute Gasteiger partial charge is 0.259 e. The van der Waals surface area contributed by atoms with Gasteiger partial charge in [0, 0.05) is 33.2 Å². The first-order valence-corrected chi connectivity index (χ1v) is 15.7. The first-order valence-electron chi connectivity index (χ1n) is 14.1. The van der Waals surface area contributed by atoms with Gasteiger partial charge in [-0.2, -0.15) is 0 Å². The Morgan fingerprint density at radius 2 is 0.909 bits per heavy atom. The molecule has 0 fully saturated rings. The number of benzene rings is 5. The van der Waals surface area contributed by atoms with Gasteiger partial charge in [-0.3, -0.25) is 9.59 Å². The molecule has 0 bridgehead atoms. The van der Waals surface area contributed by atoms with Crippen LogP contribution in [0.1, 0.15) is 31.8 Å². The molecule has 0 radical (unpaired) electrons. The summed E-state index contributed by atoms with van der Waals surface area (Å²) in [6, 6.07) is 37.8. The number of carbonyl (C=O) groups is 2. The molecule has 5 rings (SSSR count). The monoisotopic (exact) mass is 712 g/mol. The largest absolute Gasteiger partial charge is 0.492 e. The lowest BCUT2D eigenvalue weighted by molar-refractivity contribution is 0.101. The Morgan fingerprint density at radius 3 is 1.30 bits per heavy atom. The number of rotatable bonds is 12. The molecular weight excluding hydrogens is 684 g/mol. The van der Waals surface area contributed by atoms with Crippen molar-refractivity contribution in [2.24, 2.45) is 0 Å². The highest BCUT2D eigenvalue weighted by Gasteiger charge is 2.16. The predicted octanol–water partition coefficient (Wildman–Crippen LogP) is 8.96. The summed E-state index contributed by atoms with van der Waals surface area (Å²) >= 11 is 6.91. The lowest BCUT2D eigenvalue weighted by Crippen LogP contribution is -2.15. The van der Waals surface area contributed by atoms with Gasteiger partial charge in [0.2, 0.25) is 0 Å². The molecule has 8 heteroatoms. The quantitative estimate of drug-likeness (QED) is 0.135. The van der Waals surface area contributed by atoms with Crippen LogP contribution in [0.2, 0.25) is 0 Å². The Labute approximate surface area is 273 Å². The average Bonchev–Trinajstić information content (AvgIpc) is 3.04. The zero-order valence-corrected chi connectivity index (χ0v) is 26.9. The van der Waals surface area contributed by atoms with Crippen molar-refractivity contribution in [1.82, 2.24) is 0 Å². The lowest BCUT2D eigenvalue weighted by Gasteiger charge is -2.14. The van der Waals surface area contributed by atoms with E-state index < -0.39 is 0 Å². The van der Waals surface area contributed by atoms with Crippen LogP contribution in [0.25, 0.3) is 0 Å². The summed E-state index contributed by atoms with van der Waals surface area (Å²) in [7, 11) is 0. The van der Waals surface area contributed by atoms with E-state index in [1.54, 1.807) is 48.5 Å². The molecular formula is C36H30Br2N2O4. The molecule has 0 saturated carbocycles. The second kappa shape index (κ2) is 15.4. The Bertz CT molecular complexity index is 1580. The van der Waals surface area contributed by atoms with E-state index >= 15 is 0 Å². The molecule has 0 saturated heterocycles. The molecule has 0 spiro atoms. The summed E-state index contributed by atoms with van der Waals surface area (Å²) in [6.45, 7) is 0.885. The second-order valence-electron chi connectivity index (χ2n) is 9.93. The number of hydrogen-bond donors (Lipinski definition) is 2. The highest BCUT2D eigenvalue weighted by Crippen LogP contribution is 2.27. The maximum atomic E-state index is 13.2. The van der Waals surface area contributed by atoms with E-state index in [1.807, 2.05) is 72.8 Å². The van der Waals surface area contributed by atoms with E-state index in [-0.39, 0.29) is 11.8 Å². The zero-order chi connectivity index (χ0) is 30.7. The van der Waals surface area contributed by atoms with E-state index in [9.17, 15) is 9.59 Å².